The maximum absolute atomic E-state index is 12.6. The Morgan fingerprint density at radius 3 is 2.65 bits per heavy atom. The highest BCUT2D eigenvalue weighted by molar-refractivity contribution is 5.87. The van der Waals surface area contributed by atoms with Crippen molar-refractivity contribution >= 4 is 17.7 Å². The molecule has 0 aromatic heterocycles. The molecule has 182 valence electrons. The zero-order valence-electron chi connectivity index (χ0n) is 20.7. The predicted octanol–water partition coefficient (Wildman–Crippen LogP) is 7.12. The topological polar surface area (TPSA) is 69.4 Å². The van der Waals surface area contributed by atoms with Crippen LogP contribution in [0.2, 0.25) is 0 Å². The summed E-state index contributed by atoms with van der Waals surface area (Å²) in [6.45, 7) is 7.71. The molecular formula is C29H37NO4. The van der Waals surface area contributed by atoms with Crippen LogP contribution in [0.15, 0.2) is 42.5 Å². The minimum absolute atomic E-state index is 0.0118. The van der Waals surface area contributed by atoms with E-state index in [-0.39, 0.29) is 16.5 Å². The van der Waals surface area contributed by atoms with E-state index >= 15 is 0 Å². The highest BCUT2D eigenvalue weighted by Gasteiger charge is 2.63. The van der Waals surface area contributed by atoms with E-state index in [1.165, 1.54) is 63.2 Å². The molecule has 0 amide bonds. The zero-order chi connectivity index (χ0) is 24.2. The highest BCUT2D eigenvalue weighted by atomic mass is 16.6. The van der Waals surface area contributed by atoms with E-state index < -0.39 is 10.9 Å². The Labute approximate surface area is 202 Å². The van der Waals surface area contributed by atoms with E-state index in [4.69, 9.17) is 4.74 Å². The Balaban J connectivity index is 1.29. The minimum Gasteiger partial charge on any atom is -0.462 e. The van der Waals surface area contributed by atoms with Crippen molar-refractivity contribution in [1.29, 1.82) is 0 Å². The number of esters is 1. The van der Waals surface area contributed by atoms with Crippen LogP contribution in [0.25, 0.3) is 6.08 Å². The van der Waals surface area contributed by atoms with Crippen LogP contribution in [-0.4, -0.2) is 17.5 Å². The van der Waals surface area contributed by atoms with Crippen LogP contribution in [0.4, 0.5) is 5.69 Å². The van der Waals surface area contributed by atoms with E-state index in [2.05, 4.69) is 32.9 Å². The van der Waals surface area contributed by atoms with Gasteiger partial charge >= 0.3 is 5.97 Å². The van der Waals surface area contributed by atoms with Crippen molar-refractivity contribution in [3.8, 4) is 0 Å². The number of benzene rings is 1. The number of para-hydroxylation sites is 1. The van der Waals surface area contributed by atoms with Crippen LogP contribution in [-0.2, 0) is 9.53 Å². The molecule has 34 heavy (non-hydrogen) atoms. The predicted molar refractivity (Wildman–Crippen MR) is 133 cm³/mol. The lowest BCUT2D eigenvalue weighted by Crippen LogP contribution is -2.58. The lowest BCUT2D eigenvalue weighted by molar-refractivity contribution is -0.385. The van der Waals surface area contributed by atoms with Crippen molar-refractivity contribution in [1.82, 2.24) is 0 Å². The van der Waals surface area contributed by atoms with Gasteiger partial charge in [0.25, 0.3) is 5.69 Å². The van der Waals surface area contributed by atoms with Gasteiger partial charge in [0.05, 0.1) is 17.1 Å². The Morgan fingerprint density at radius 1 is 1.09 bits per heavy atom. The van der Waals surface area contributed by atoms with Crippen LogP contribution in [0.1, 0.15) is 77.7 Å². The third kappa shape index (κ3) is 3.72. The molecule has 0 heterocycles. The maximum atomic E-state index is 12.6. The van der Waals surface area contributed by atoms with Gasteiger partial charge in [-0.1, -0.05) is 51.5 Å². The summed E-state index contributed by atoms with van der Waals surface area (Å²) in [5.41, 5.74) is 1.43. The number of ether oxygens (including phenoxy) is 1. The fourth-order valence-corrected chi connectivity index (χ4v) is 8.68. The quantitative estimate of drug-likeness (QED) is 0.153. The number of hydrogen-bond donors (Lipinski definition) is 0. The van der Waals surface area contributed by atoms with Crippen molar-refractivity contribution in [2.24, 2.45) is 33.5 Å². The first kappa shape index (κ1) is 23.3. The average Bonchev–Trinajstić information content (AvgIpc) is 3.05. The molecule has 4 aliphatic carbocycles. The van der Waals surface area contributed by atoms with Crippen molar-refractivity contribution in [3.05, 3.63) is 58.2 Å². The smallest absolute Gasteiger partial charge is 0.330 e. The van der Waals surface area contributed by atoms with Crippen LogP contribution < -0.4 is 0 Å². The minimum atomic E-state index is -0.432. The van der Waals surface area contributed by atoms with Gasteiger partial charge < -0.3 is 4.74 Å². The first-order chi connectivity index (χ1) is 16.1. The van der Waals surface area contributed by atoms with Gasteiger partial charge in [-0.25, -0.2) is 4.79 Å². The molecule has 0 radical (unpaired) electrons. The van der Waals surface area contributed by atoms with Gasteiger partial charge in [0.1, 0.15) is 0 Å². The van der Waals surface area contributed by atoms with Gasteiger partial charge in [-0.05, 0) is 85.2 Å². The molecule has 1 spiro atoms. The van der Waals surface area contributed by atoms with E-state index in [1.807, 2.05) is 0 Å². The number of fused-ring (bicyclic) bond motifs is 3. The molecule has 5 rings (SSSR count). The van der Waals surface area contributed by atoms with E-state index in [0.717, 1.165) is 12.3 Å². The Kier molecular flexibility index (Phi) is 5.53. The van der Waals surface area contributed by atoms with E-state index in [0.29, 0.717) is 28.9 Å². The van der Waals surface area contributed by atoms with Gasteiger partial charge in [-0.3, -0.25) is 10.1 Å². The molecule has 3 saturated carbocycles. The zero-order valence-corrected chi connectivity index (χ0v) is 20.7. The molecule has 2 bridgehead atoms. The van der Waals surface area contributed by atoms with Crippen LogP contribution in [0, 0.1) is 43.6 Å². The molecule has 3 fully saturated rings. The van der Waals surface area contributed by atoms with Crippen molar-refractivity contribution in [2.45, 2.75) is 72.1 Å². The molecule has 1 aromatic rings. The van der Waals surface area contributed by atoms with Crippen LogP contribution in [0.3, 0.4) is 0 Å². The summed E-state index contributed by atoms with van der Waals surface area (Å²) in [5, 5.41) is 11.2. The lowest BCUT2D eigenvalue weighted by atomic mass is 9.40. The summed E-state index contributed by atoms with van der Waals surface area (Å²) in [6.07, 6.45) is 17.8. The largest absolute Gasteiger partial charge is 0.462 e. The van der Waals surface area contributed by atoms with Crippen molar-refractivity contribution < 1.29 is 14.5 Å². The van der Waals surface area contributed by atoms with Crippen LogP contribution >= 0.6 is 0 Å². The SMILES string of the molecule is C[C@]12C=C[C@@]3(CC[C@@H]4[C@@](C)(COC(=O)/C=C/c5ccccc5[N+](=O)[O-])CCC[C@@]4(C)[C@@H]3CC1)C2. The molecular weight excluding hydrogens is 426 g/mol. The summed E-state index contributed by atoms with van der Waals surface area (Å²) >= 11 is 0. The fraction of sp³-hybridized carbons (Fsp3) is 0.621. The summed E-state index contributed by atoms with van der Waals surface area (Å²) < 4.78 is 5.80. The normalized spacial score (nSPS) is 40.6. The number of hydrogen-bond acceptors (Lipinski definition) is 4. The molecule has 5 nitrogen and oxygen atoms in total. The molecule has 0 N–H and O–H groups in total. The number of allylic oxidation sites excluding steroid dienone is 2. The second-order valence-electron chi connectivity index (χ2n) is 12.4. The summed E-state index contributed by atoms with van der Waals surface area (Å²) in [7, 11) is 0. The molecule has 0 saturated heterocycles. The van der Waals surface area contributed by atoms with Crippen molar-refractivity contribution in [3.63, 3.8) is 0 Å². The Bertz CT molecular complexity index is 1060. The van der Waals surface area contributed by atoms with Crippen LogP contribution in [0.5, 0.6) is 0 Å². The molecule has 0 unspecified atom stereocenters. The molecule has 5 heteroatoms. The number of nitro groups is 1. The van der Waals surface area contributed by atoms with E-state index in [9.17, 15) is 14.9 Å². The summed E-state index contributed by atoms with van der Waals surface area (Å²) in [4.78, 5) is 23.4. The first-order valence-electron chi connectivity index (χ1n) is 12.9. The van der Waals surface area contributed by atoms with Gasteiger partial charge in [0, 0.05) is 17.6 Å². The second kappa shape index (κ2) is 8.07. The Hall–Kier alpha value is -2.43. The number of carbonyl (C=O) groups is 1. The first-order valence-corrected chi connectivity index (χ1v) is 12.9. The summed E-state index contributed by atoms with van der Waals surface area (Å²) in [5.74, 6) is 0.847. The number of carbonyl (C=O) groups excluding carboxylic acids is 1. The Morgan fingerprint density at radius 2 is 1.85 bits per heavy atom. The molecule has 4 aliphatic rings. The number of nitrogens with zero attached hydrogens (tertiary/aromatic N) is 1. The number of rotatable bonds is 5. The second-order valence-corrected chi connectivity index (χ2v) is 12.4. The summed E-state index contributed by atoms with van der Waals surface area (Å²) in [6, 6.07) is 6.43. The van der Waals surface area contributed by atoms with Gasteiger partial charge in [0.2, 0.25) is 0 Å². The third-order valence-corrected chi connectivity index (χ3v) is 10.1. The van der Waals surface area contributed by atoms with Gasteiger partial charge in [0.15, 0.2) is 0 Å². The molecule has 6 atom stereocenters. The van der Waals surface area contributed by atoms with Crippen molar-refractivity contribution in [2.75, 3.05) is 6.61 Å². The monoisotopic (exact) mass is 463 g/mol. The molecule has 0 aliphatic heterocycles. The highest BCUT2D eigenvalue weighted by Crippen LogP contribution is 2.71. The standard InChI is InChI=1S/C29H37NO4/c1-26-15-11-24-28(3)14-6-13-27(2,23(28)12-16-29(24,19-26)18-17-26)20-34-25(31)10-9-21-7-4-5-8-22(21)30(32)33/h4-5,7-10,17-18,23-24H,6,11-16,19-20H2,1-3H3/b10-9+/t23-,24+,26-,27-,28-,29+/m1/s1. The third-order valence-electron chi connectivity index (χ3n) is 10.1. The number of nitro benzene ring substituents is 1. The average molecular weight is 464 g/mol. The molecule has 1 aromatic carbocycles. The van der Waals surface area contributed by atoms with Gasteiger partial charge in [-0.15, -0.1) is 0 Å². The van der Waals surface area contributed by atoms with E-state index in [1.54, 1.807) is 18.2 Å². The maximum Gasteiger partial charge on any atom is 0.330 e. The fourth-order valence-electron chi connectivity index (χ4n) is 8.68. The van der Waals surface area contributed by atoms with Gasteiger partial charge in [-0.2, -0.15) is 0 Å². The lowest BCUT2D eigenvalue weighted by Gasteiger charge is -2.64.